The average Bonchev–Trinajstić information content (AvgIpc) is 3.33. The van der Waals surface area contributed by atoms with Crippen LogP contribution in [0.3, 0.4) is 0 Å². The van der Waals surface area contributed by atoms with E-state index in [-0.39, 0.29) is 19.4 Å². The number of aliphatic hydroxyl groups is 1. The molecule has 172 valence electrons. The van der Waals surface area contributed by atoms with E-state index in [0.717, 1.165) is 31.9 Å². The summed E-state index contributed by atoms with van der Waals surface area (Å²) in [5, 5.41) is 10.6. The molecule has 33 heavy (non-hydrogen) atoms. The number of nitrogens with zero attached hydrogens (tertiary/aromatic N) is 2. The molecule has 1 N–H and O–H groups in total. The fourth-order valence-corrected chi connectivity index (χ4v) is 4.60. The smallest absolute Gasteiger partial charge is 0.231 e. The van der Waals surface area contributed by atoms with Gasteiger partial charge in [-0.05, 0) is 23.3 Å². The van der Waals surface area contributed by atoms with Gasteiger partial charge in [0.15, 0.2) is 11.5 Å². The number of piperazine rings is 1. The lowest BCUT2D eigenvalue weighted by Gasteiger charge is -2.40. The molecule has 0 radical (unpaired) electrons. The van der Waals surface area contributed by atoms with Gasteiger partial charge in [-0.1, -0.05) is 60.7 Å². The molecule has 0 aliphatic carbocycles. The maximum absolute atomic E-state index is 10.6. The highest BCUT2D eigenvalue weighted by Gasteiger charge is 2.27. The molecule has 1 atom stereocenters. The first-order valence-corrected chi connectivity index (χ1v) is 11.5. The number of benzene rings is 3. The average molecular weight is 447 g/mol. The molecule has 3 aromatic rings. The predicted octanol–water partition coefficient (Wildman–Crippen LogP) is 3.56. The van der Waals surface area contributed by atoms with E-state index in [2.05, 4.69) is 70.5 Å². The first-order chi connectivity index (χ1) is 16.3. The Morgan fingerprint density at radius 1 is 0.788 bits per heavy atom. The van der Waals surface area contributed by atoms with Crippen LogP contribution in [0.4, 0.5) is 0 Å². The third kappa shape index (κ3) is 5.30. The van der Waals surface area contributed by atoms with Crippen LogP contribution in [0.25, 0.3) is 0 Å². The molecular formula is C27H30N2O4. The van der Waals surface area contributed by atoms with Gasteiger partial charge < -0.3 is 19.3 Å². The van der Waals surface area contributed by atoms with Gasteiger partial charge >= 0.3 is 0 Å². The highest BCUT2D eigenvalue weighted by Crippen LogP contribution is 2.35. The van der Waals surface area contributed by atoms with Crippen molar-refractivity contribution in [2.75, 3.05) is 46.1 Å². The zero-order valence-corrected chi connectivity index (χ0v) is 18.7. The number of fused-ring (bicyclic) bond motifs is 1. The molecule has 1 saturated heterocycles. The summed E-state index contributed by atoms with van der Waals surface area (Å²) in [6.07, 6.45) is -0.555. The summed E-state index contributed by atoms with van der Waals surface area (Å²) in [6.45, 7) is 4.81. The van der Waals surface area contributed by atoms with E-state index < -0.39 is 6.10 Å². The molecule has 0 bridgehead atoms. The Balaban J connectivity index is 1.14. The van der Waals surface area contributed by atoms with Crippen molar-refractivity contribution in [3.8, 4) is 17.2 Å². The lowest BCUT2D eigenvalue weighted by atomic mass is 9.96. The zero-order chi connectivity index (χ0) is 22.5. The Kier molecular flexibility index (Phi) is 6.76. The SMILES string of the molecule is O[C@@H](COc1ccc2c(c1)OCO2)CN1CCN(C(c2ccccc2)c2ccccc2)CC1. The first-order valence-electron chi connectivity index (χ1n) is 11.5. The molecule has 5 rings (SSSR count). The molecule has 0 saturated carbocycles. The van der Waals surface area contributed by atoms with Crippen LogP contribution in [0.5, 0.6) is 17.2 Å². The van der Waals surface area contributed by atoms with Crippen molar-refractivity contribution in [1.82, 2.24) is 9.80 Å². The molecule has 6 nitrogen and oxygen atoms in total. The number of aliphatic hydroxyl groups excluding tert-OH is 1. The van der Waals surface area contributed by atoms with E-state index in [1.807, 2.05) is 12.1 Å². The summed E-state index contributed by atoms with van der Waals surface area (Å²) < 4.78 is 16.5. The van der Waals surface area contributed by atoms with Gasteiger partial charge in [0, 0.05) is 38.8 Å². The minimum atomic E-state index is -0.555. The van der Waals surface area contributed by atoms with Crippen LogP contribution >= 0.6 is 0 Å². The van der Waals surface area contributed by atoms with Crippen molar-refractivity contribution in [3.63, 3.8) is 0 Å². The second-order valence-corrected chi connectivity index (χ2v) is 8.54. The van der Waals surface area contributed by atoms with Crippen LogP contribution in [-0.4, -0.2) is 67.1 Å². The minimum Gasteiger partial charge on any atom is -0.491 e. The number of β-amino-alcohol motifs (C(OH)–C–C–N with tert-alkyl or cyclic N) is 1. The van der Waals surface area contributed by atoms with Crippen LogP contribution < -0.4 is 14.2 Å². The van der Waals surface area contributed by atoms with Crippen molar-refractivity contribution in [2.24, 2.45) is 0 Å². The van der Waals surface area contributed by atoms with Crippen molar-refractivity contribution in [2.45, 2.75) is 12.1 Å². The fraction of sp³-hybridized carbons (Fsp3) is 0.333. The first kappa shape index (κ1) is 21.8. The molecule has 0 amide bonds. The van der Waals surface area contributed by atoms with E-state index in [1.165, 1.54) is 11.1 Å². The highest BCUT2D eigenvalue weighted by molar-refractivity contribution is 5.46. The van der Waals surface area contributed by atoms with E-state index in [9.17, 15) is 5.11 Å². The van der Waals surface area contributed by atoms with Crippen LogP contribution in [0.1, 0.15) is 17.2 Å². The summed E-state index contributed by atoms with van der Waals surface area (Å²) in [6, 6.07) is 27.1. The van der Waals surface area contributed by atoms with Crippen molar-refractivity contribution < 1.29 is 19.3 Å². The minimum absolute atomic E-state index is 0.239. The number of ether oxygens (including phenoxy) is 3. The topological polar surface area (TPSA) is 54.4 Å². The molecule has 3 aromatic carbocycles. The van der Waals surface area contributed by atoms with Gasteiger partial charge in [-0.15, -0.1) is 0 Å². The van der Waals surface area contributed by atoms with Gasteiger partial charge in [-0.2, -0.15) is 0 Å². The lowest BCUT2D eigenvalue weighted by Crippen LogP contribution is -2.50. The molecule has 2 aliphatic heterocycles. The summed E-state index contributed by atoms with van der Waals surface area (Å²) in [5.41, 5.74) is 2.63. The van der Waals surface area contributed by atoms with Crippen LogP contribution in [0.15, 0.2) is 78.9 Å². The fourth-order valence-electron chi connectivity index (χ4n) is 4.60. The van der Waals surface area contributed by atoms with Crippen LogP contribution in [-0.2, 0) is 0 Å². The molecule has 2 heterocycles. The van der Waals surface area contributed by atoms with E-state index in [1.54, 1.807) is 6.07 Å². The number of hydrogen-bond donors (Lipinski definition) is 1. The Labute approximate surface area is 194 Å². The Hall–Kier alpha value is -3.06. The Bertz CT molecular complexity index is 983. The summed E-state index contributed by atoms with van der Waals surface area (Å²) in [4.78, 5) is 4.86. The monoisotopic (exact) mass is 446 g/mol. The van der Waals surface area contributed by atoms with Gasteiger partial charge in [-0.3, -0.25) is 9.80 Å². The standard InChI is InChI=1S/C27H30N2O4/c30-23(19-31-24-11-12-25-26(17-24)33-20-32-25)18-28-13-15-29(16-14-28)27(21-7-3-1-4-8-21)22-9-5-2-6-10-22/h1-12,17,23,27,30H,13-16,18-20H2/t23-/m1/s1. The third-order valence-corrected chi connectivity index (χ3v) is 6.26. The normalized spacial score (nSPS) is 17.3. The van der Waals surface area contributed by atoms with Gasteiger partial charge in [0.25, 0.3) is 0 Å². The van der Waals surface area contributed by atoms with Crippen molar-refractivity contribution in [1.29, 1.82) is 0 Å². The van der Waals surface area contributed by atoms with E-state index >= 15 is 0 Å². The maximum atomic E-state index is 10.6. The molecular weight excluding hydrogens is 416 g/mol. The third-order valence-electron chi connectivity index (χ3n) is 6.26. The lowest BCUT2D eigenvalue weighted by molar-refractivity contribution is 0.0400. The summed E-state index contributed by atoms with van der Waals surface area (Å²) >= 11 is 0. The van der Waals surface area contributed by atoms with Crippen LogP contribution in [0, 0.1) is 0 Å². The Morgan fingerprint density at radius 2 is 1.42 bits per heavy atom. The molecule has 2 aliphatic rings. The van der Waals surface area contributed by atoms with Crippen molar-refractivity contribution in [3.05, 3.63) is 90.0 Å². The second kappa shape index (κ2) is 10.3. The highest BCUT2D eigenvalue weighted by atomic mass is 16.7. The molecule has 0 aromatic heterocycles. The molecule has 0 spiro atoms. The van der Waals surface area contributed by atoms with Crippen molar-refractivity contribution >= 4 is 0 Å². The molecule has 1 fully saturated rings. The molecule has 0 unspecified atom stereocenters. The van der Waals surface area contributed by atoms with Gasteiger partial charge in [-0.25, -0.2) is 0 Å². The van der Waals surface area contributed by atoms with Gasteiger partial charge in [0.05, 0.1) is 6.04 Å². The van der Waals surface area contributed by atoms with E-state index in [4.69, 9.17) is 14.2 Å². The number of rotatable bonds is 8. The summed E-state index contributed by atoms with van der Waals surface area (Å²) in [7, 11) is 0. The summed E-state index contributed by atoms with van der Waals surface area (Å²) in [5.74, 6) is 2.09. The zero-order valence-electron chi connectivity index (χ0n) is 18.7. The number of hydrogen-bond acceptors (Lipinski definition) is 6. The second-order valence-electron chi connectivity index (χ2n) is 8.54. The predicted molar refractivity (Wildman–Crippen MR) is 127 cm³/mol. The van der Waals surface area contributed by atoms with E-state index in [0.29, 0.717) is 18.0 Å². The van der Waals surface area contributed by atoms with Crippen LogP contribution in [0.2, 0.25) is 0 Å². The van der Waals surface area contributed by atoms with Gasteiger partial charge in [0.2, 0.25) is 6.79 Å². The maximum Gasteiger partial charge on any atom is 0.231 e. The quantitative estimate of drug-likeness (QED) is 0.571. The molecule has 6 heteroatoms. The Morgan fingerprint density at radius 3 is 2.09 bits per heavy atom. The van der Waals surface area contributed by atoms with Gasteiger partial charge in [0.1, 0.15) is 18.5 Å². The largest absolute Gasteiger partial charge is 0.491 e.